The average molecular weight is 262 g/mol. The van der Waals surface area contributed by atoms with Crippen LogP contribution in [0.15, 0.2) is 6.33 Å². The van der Waals surface area contributed by atoms with Crippen molar-refractivity contribution >= 4 is 5.82 Å². The molecule has 0 unspecified atom stereocenters. The van der Waals surface area contributed by atoms with Gasteiger partial charge in [0.25, 0.3) is 0 Å². The van der Waals surface area contributed by atoms with Gasteiger partial charge in [-0.05, 0) is 45.2 Å². The number of rotatable bonds is 5. The fourth-order valence-electron chi connectivity index (χ4n) is 2.87. The summed E-state index contributed by atoms with van der Waals surface area (Å²) in [5.74, 6) is 1.01. The van der Waals surface area contributed by atoms with Crippen LogP contribution < -0.4 is 10.6 Å². The Bertz CT molecular complexity index is 418. The highest BCUT2D eigenvalue weighted by molar-refractivity contribution is 5.47. The van der Waals surface area contributed by atoms with Gasteiger partial charge < -0.3 is 15.4 Å². The van der Waals surface area contributed by atoms with Crippen molar-refractivity contribution in [3.05, 3.63) is 17.6 Å². The molecule has 2 N–H and O–H groups in total. The van der Waals surface area contributed by atoms with Crippen LogP contribution in [0.3, 0.4) is 0 Å². The zero-order valence-electron chi connectivity index (χ0n) is 11.3. The van der Waals surface area contributed by atoms with Crippen LogP contribution >= 0.6 is 0 Å². The Labute approximate surface area is 114 Å². The second-order valence-electron chi connectivity index (χ2n) is 5.25. The molecule has 2 aliphatic rings. The van der Waals surface area contributed by atoms with Crippen molar-refractivity contribution in [3.63, 3.8) is 0 Å². The van der Waals surface area contributed by atoms with Gasteiger partial charge in [0.05, 0.1) is 12.7 Å². The average Bonchev–Trinajstić information content (AvgIpc) is 2.94. The van der Waals surface area contributed by atoms with E-state index >= 15 is 0 Å². The molecule has 1 saturated heterocycles. The Kier molecular flexibility index (Phi) is 4.25. The Morgan fingerprint density at radius 2 is 2.16 bits per heavy atom. The van der Waals surface area contributed by atoms with E-state index in [1.807, 2.05) is 0 Å². The van der Waals surface area contributed by atoms with Crippen LogP contribution in [0.1, 0.15) is 30.5 Å². The second kappa shape index (κ2) is 6.30. The van der Waals surface area contributed by atoms with E-state index in [1.165, 1.54) is 17.7 Å². The quantitative estimate of drug-likeness (QED) is 0.779. The van der Waals surface area contributed by atoms with Gasteiger partial charge in [-0.2, -0.15) is 0 Å². The molecular formula is C14H22N4O. The molecule has 1 aliphatic carbocycles. The monoisotopic (exact) mass is 262 g/mol. The van der Waals surface area contributed by atoms with E-state index in [0.29, 0.717) is 6.10 Å². The first kappa shape index (κ1) is 12.8. The summed E-state index contributed by atoms with van der Waals surface area (Å²) in [7, 11) is 0. The zero-order chi connectivity index (χ0) is 12.9. The molecule has 5 nitrogen and oxygen atoms in total. The Morgan fingerprint density at radius 1 is 1.26 bits per heavy atom. The molecule has 0 aromatic carbocycles. The number of nitrogens with zero attached hydrogens (tertiary/aromatic N) is 2. The lowest BCUT2D eigenvalue weighted by Crippen LogP contribution is -2.33. The van der Waals surface area contributed by atoms with Crippen LogP contribution in [0.4, 0.5) is 5.82 Å². The van der Waals surface area contributed by atoms with Crippen molar-refractivity contribution in [1.82, 2.24) is 15.3 Å². The number of fused-ring (bicyclic) bond motifs is 1. The molecule has 0 spiro atoms. The van der Waals surface area contributed by atoms with Crippen molar-refractivity contribution < 1.29 is 4.74 Å². The first-order valence-electron chi connectivity index (χ1n) is 7.32. The highest BCUT2D eigenvalue weighted by Crippen LogP contribution is 2.24. The maximum absolute atomic E-state index is 5.88. The highest BCUT2D eigenvalue weighted by atomic mass is 16.5. The Morgan fingerprint density at radius 3 is 3.05 bits per heavy atom. The standard InChI is InChI=1S/C14H22N4O/c1-2-12-13(3-1)17-10-18-14(12)16-8-9-19-11-4-6-15-7-5-11/h10-11,15H,1-9H2,(H,16,17,18). The molecule has 0 bridgehead atoms. The maximum Gasteiger partial charge on any atom is 0.132 e. The number of aromatic nitrogens is 2. The van der Waals surface area contributed by atoms with E-state index in [0.717, 1.165) is 57.7 Å². The highest BCUT2D eigenvalue weighted by Gasteiger charge is 2.17. The van der Waals surface area contributed by atoms with Gasteiger partial charge in [-0.1, -0.05) is 0 Å². The molecule has 1 aromatic heterocycles. The number of anilines is 1. The van der Waals surface area contributed by atoms with Crippen molar-refractivity contribution in [2.24, 2.45) is 0 Å². The van der Waals surface area contributed by atoms with Gasteiger partial charge in [0.15, 0.2) is 0 Å². The lowest BCUT2D eigenvalue weighted by molar-refractivity contribution is 0.0394. The predicted molar refractivity (Wildman–Crippen MR) is 74.4 cm³/mol. The number of nitrogens with one attached hydrogen (secondary N) is 2. The van der Waals surface area contributed by atoms with Gasteiger partial charge in [0, 0.05) is 17.8 Å². The van der Waals surface area contributed by atoms with E-state index in [9.17, 15) is 0 Å². The number of ether oxygens (including phenoxy) is 1. The lowest BCUT2D eigenvalue weighted by atomic mass is 10.1. The van der Waals surface area contributed by atoms with Gasteiger partial charge >= 0.3 is 0 Å². The van der Waals surface area contributed by atoms with Crippen LogP contribution in [0, 0.1) is 0 Å². The van der Waals surface area contributed by atoms with Crippen molar-refractivity contribution in [3.8, 4) is 0 Å². The molecule has 104 valence electrons. The van der Waals surface area contributed by atoms with Crippen LogP contribution in [0.2, 0.25) is 0 Å². The molecule has 3 rings (SSSR count). The van der Waals surface area contributed by atoms with Gasteiger partial charge in [-0.3, -0.25) is 0 Å². The van der Waals surface area contributed by atoms with Crippen LogP contribution in [-0.4, -0.2) is 42.3 Å². The van der Waals surface area contributed by atoms with E-state index in [2.05, 4.69) is 20.6 Å². The summed E-state index contributed by atoms with van der Waals surface area (Å²) in [5, 5.41) is 6.74. The summed E-state index contributed by atoms with van der Waals surface area (Å²) in [6.45, 7) is 3.74. The first-order chi connectivity index (χ1) is 9.43. The Balaban J connectivity index is 1.44. The number of piperidine rings is 1. The molecule has 0 saturated carbocycles. The minimum atomic E-state index is 0.430. The van der Waals surface area contributed by atoms with Gasteiger partial charge in [-0.15, -0.1) is 0 Å². The van der Waals surface area contributed by atoms with Crippen molar-refractivity contribution in [1.29, 1.82) is 0 Å². The normalized spacial score (nSPS) is 19.4. The molecule has 1 aromatic rings. The molecule has 1 aliphatic heterocycles. The number of aryl methyl sites for hydroxylation is 1. The molecule has 5 heteroatoms. The third kappa shape index (κ3) is 3.22. The van der Waals surface area contributed by atoms with Crippen LogP contribution in [-0.2, 0) is 17.6 Å². The van der Waals surface area contributed by atoms with Gasteiger partial charge in [-0.25, -0.2) is 9.97 Å². The lowest BCUT2D eigenvalue weighted by Gasteiger charge is -2.23. The molecular weight excluding hydrogens is 240 g/mol. The molecule has 19 heavy (non-hydrogen) atoms. The summed E-state index contributed by atoms with van der Waals surface area (Å²) >= 11 is 0. The summed E-state index contributed by atoms with van der Waals surface area (Å²) in [6.07, 6.45) is 7.76. The topological polar surface area (TPSA) is 59.1 Å². The predicted octanol–water partition coefficient (Wildman–Crippen LogP) is 1.15. The maximum atomic E-state index is 5.88. The van der Waals surface area contributed by atoms with Gasteiger partial charge in [0.2, 0.25) is 0 Å². The third-order valence-electron chi connectivity index (χ3n) is 3.91. The molecule has 0 atom stereocenters. The molecule has 0 amide bonds. The van der Waals surface area contributed by atoms with Crippen molar-refractivity contribution in [2.45, 2.75) is 38.2 Å². The summed E-state index contributed by atoms with van der Waals surface area (Å²) in [4.78, 5) is 8.68. The third-order valence-corrected chi connectivity index (χ3v) is 3.91. The second-order valence-corrected chi connectivity index (χ2v) is 5.25. The Hall–Kier alpha value is -1.20. The number of hydrogen-bond acceptors (Lipinski definition) is 5. The summed E-state index contributed by atoms with van der Waals surface area (Å²) in [5.41, 5.74) is 2.53. The summed E-state index contributed by atoms with van der Waals surface area (Å²) < 4.78 is 5.88. The minimum absolute atomic E-state index is 0.430. The van der Waals surface area contributed by atoms with Crippen molar-refractivity contribution in [2.75, 3.05) is 31.6 Å². The molecule has 2 heterocycles. The summed E-state index contributed by atoms with van der Waals surface area (Å²) in [6, 6.07) is 0. The fourth-order valence-corrected chi connectivity index (χ4v) is 2.87. The van der Waals surface area contributed by atoms with E-state index in [4.69, 9.17) is 4.74 Å². The molecule has 0 radical (unpaired) electrons. The first-order valence-corrected chi connectivity index (χ1v) is 7.32. The smallest absolute Gasteiger partial charge is 0.132 e. The minimum Gasteiger partial charge on any atom is -0.376 e. The number of hydrogen-bond donors (Lipinski definition) is 2. The van der Waals surface area contributed by atoms with Gasteiger partial charge in [0.1, 0.15) is 12.1 Å². The zero-order valence-corrected chi connectivity index (χ0v) is 11.3. The van der Waals surface area contributed by atoms with E-state index < -0.39 is 0 Å². The van der Waals surface area contributed by atoms with Crippen LogP contribution in [0.25, 0.3) is 0 Å². The van der Waals surface area contributed by atoms with Crippen LogP contribution in [0.5, 0.6) is 0 Å². The molecule has 1 fully saturated rings. The fraction of sp³-hybridized carbons (Fsp3) is 0.714. The van der Waals surface area contributed by atoms with E-state index in [1.54, 1.807) is 6.33 Å². The largest absolute Gasteiger partial charge is 0.376 e. The van der Waals surface area contributed by atoms with E-state index in [-0.39, 0.29) is 0 Å². The SMILES string of the molecule is c1nc2c(c(NCCOC3CCNCC3)n1)CCC2.